The summed E-state index contributed by atoms with van der Waals surface area (Å²) in [5.74, 6) is 0.399. The molecule has 0 saturated heterocycles. The molecule has 0 saturated carbocycles. The molecule has 158 valence electrons. The van der Waals surface area contributed by atoms with E-state index in [0.717, 1.165) is 28.0 Å². The van der Waals surface area contributed by atoms with Gasteiger partial charge in [0.05, 0.1) is 16.4 Å². The monoisotopic (exact) mass is 434 g/mol. The summed E-state index contributed by atoms with van der Waals surface area (Å²) in [6.07, 6.45) is 1.68. The van der Waals surface area contributed by atoms with Gasteiger partial charge < -0.3 is 9.64 Å². The Morgan fingerprint density at radius 1 is 1.10 bits per heavy atom. The second-order valence-electron chi connectivity index (χ2n) is 7.38. The van der Waals surface area contributed by atoms with Crippen molar-refractivity contribution in [3.8, 4) is 11.4 Å². The van der Waals surface area contributed by atoms with Crippen LogP contribution in [0.3, 0.4) is 0 Å². The average molecular weight is 435 g/mol. The highest BCUT2D eigenvalue weighted by atomic mass is 35.5. The first-order chi connectivity index (χ1) is 15.0. The summed E-state index contributed by atoms with van der Waals surface area (Å²) in [4.78, 5) is 18.7. The van der Waals surface area contributed by atoms with Gasteiger partial charge in [0.1, 0.15) is 11.3 Å². The van der Waals surface area contributed by atoms with Crippen molar-refractivity contribution in [1.82, 2.24) is 19.7 Å². The molecule has 0 aliphatic rings. The van der Waals surface area contributed by atoms with Crippen molar-refractivity contribution >= 4 is 28.4 Å². The molecule has 2 heterocycles. The second-order valence-corrected chi connectivity index (χ2v) is 7.79. The van der Waals surface area contributed by atoms with Crippen molar-refractivity contribution in [1.29, 1.82) is 0 Å². The zero-order valence-corrected chi connectivity index (χ0v) is 18.4. The number of likely N-dealkylation sites (N-methyl/N-ethyl adjacent to an activating group) is 1. The van der Waals surface area contributed by atoms with Crippen molar-refractivity contribution < 1.29 is 9.53 Å². The third-order valence-electron chi connectivity index (χ3n) is 5.29. The van der Waals surface area contributed by atoms with Crippen LogP contribution < -0.4 is 4.74 Å². The molecule has 0 atom stereocenters. The largest absolute Gasteiger partial charge is 0.481 e. The first kappa shape index (κ1) is 20.9. The van der Waals surface area contributed by atoms with Crippen molar-refractivity contribution in [2.75, 3.05) is 13.7 Å². The maximum absolute atomic E-state index is 12.8. The lowest BCUT2D eigenvalue weighted by Gasteiger charge is -2.18. The number of hydrogen-bond donors (Lipinski definition) is 0. The molecule has 0 radical (unpaired) electrons. The van der Waals surface area contributed by atoms with Crippen molar-refractivity contribution in [3.63, 3.8) is 0 Å². The number of aryl methyl sites for hydroxylation is 1. The van der Waals surface area contributed by atoms with Gasteiger partial charge in [-0.2, -0.15) is 5.10 Å². The van der Waals surface area contributed by atoms with Crippen LogP contribution in [0, 0.1) is 13.8 Å². The van der Waals surface area contributed by atoms with E-state index in [4.69, 9.17) is 16.3 Å². The molecule has 2 aromatic heterocycles. The Morgan fingerprint density at radius 2 is 1.87 bits per heavy atom. The van der Waals surface area contributed by atoms with Gasteiger partial charge in [0.15, 0.2) is 6.61 Å². The van der Waals surface area contributed by atoms with E-state index < -0.39 is 0 Å². The number of carbonyl (C=O) groups excluding carboxylic acids is 1. The Hall–Kier alpha value is -3.38. The number of aromatic nitrogens is 3. The molecule has 0 aliphatic carbocycles. The summed E-state index contributed by atoms with van der Waals surface area (Å²) in [5, 5.41) is 6.05. The quantitative estimate of drug-likeness (QED) is 0.440. The number of carbonyl (C=O) groups is 1. The number of hydrogen-bond acceptors (Lipinski definition) is 4. The van der Waals surface area contributed by atoms with Crippen LogP contribution in [-0.2, 0) is 11.3 Å². The molecule has 1 amide bonds. The number of rotatable bonds is 6. The summed E-state index contributed by atoms with van der Waals surface area (Å²) in [7, 11) is 1.77. The van der Waals surface area contributed by atoms with Gasteiger partial charge in [-0.15, -0.1) is 0 Å². The molecular formula is C24H23ClN4O2. The van der Waals surface area contributed by atoms with Gasteiger partial charge in [0, 0.05) is 36.4 Å². The van der Waals surface area contributed by atoms with Crippen LogP contribution in [0.2, 0.25) is 5.02 Å². The van der Waals surface area contributed by atoms with Crippen LogP contribution in [0.4, 0.5) is 0 Å². The summed E-state index contributed by atoms with van der Waals surface area (Å²) in [6.45, 7) is 4.34. The summed E-state index contributed by atoms with van der Waals surface area (Å²) >= 11 is 6.23. The van der Waals surface area contributed by atoms with E-state index >= 15 is 0 Å². The SMILES string of the molecule is Cc1nn(-c2ccccc2)c(C)c1CN(C)C(=O)COc1ccc(Cl)c2cccnc12. The number of ether oxygens (including phenoxy) is 1. The Bertz CT molecular complexity index is 1240. The lowest BCUT2D eigenvalue weighted by Crippen LogP contribution is -2.31. The molecule has 6 nitrogen and oxygen atoms in total. The predicted molar refractivity (Wildman–Crippen MR) is 122 cm³/mol. The summed E-state index contributed by atoms with van der Waals surface area (Å²) in [5.41, 5.74) is 4.57. The van der Waals surface area contributed by atoms with E-state index in [9.17, 15) is 4.79 Å². The Morgan fingerprint density at radius 3 is 2.65 bits per heavy atom. The van der Waals surface area contributed by atoms with Crippen LogP contribution in [0.5, 0.6) is 5.75 Å². The lowest BCUT2D eigenvalue weighted by molar-refractivity contribution is -0.132. The molecule has 0 bridgehead atoms. The van der Waals surface area contributed by atoms with Gasteiger partial charge in [0.25, 0.3) is 5.91 Å². The third kappa shape index (κ3) is 4.25. The van der Waals surface area contributed by atoms with Crippen LogP contribution >= 0.6 is 11.6 Å². The van der Waals surface area contributed by atoms with Crippen LogP contribution in [0.25, 0.3) is 16.6 Å². The number of halogens is 1. The number of nitrogens with zero attached hydrogens (tertiary/aromatic N) is 4. The highest BCUT2D eigenvalue weighted by Crippen LogP contribution is 2.29. The highest BCUT2D eigenvalue weighted by Gasteiger charge is 2.18. The first-order valence-electron chi connectivity index (χ1n) is 9.96. The van der Waals surface area contributed by atoms with E-state index in [1.165, 1.54) is 0 Å². The van der Waals surface area contributed by atoms with Gasteiger partial charge in [-0.3, -0.25) is 9.78 Å². The smallest absolute Gasteiger partial charge is 0.260 e. The number of para-hydroxylation sites is 1. The standard InChI is InChI=1S/C24H23ClN4O2/c1-16-20(17(2)29(27-16)18-8-5-4-6-9-18)14-28(3)23(30)15-31-22-12-11-21(25)19-10-7-13-26-24(19)22/h4-13H,14-15H2,1-3H3. The van der Waals surface area contributed by atoms with Crippen molar-refractivity contribution in [3.05, 3.63) is 82.8 Å². The number of fused-ring (bicyclic) bond motifs is 1. The fourth-order valence-corrected chi connectivity index (χ4v) is 3.74. The minimum atomic E-state index is -0.134. The van der Waals surface area contributed by atoms with Crippen LogP contribution in [0.1, 0.15) is 17.0 Å². The Balaban J connectivity index is 1.47. The molecule has 2 aromatic carbocycles. The predicted octanol–water partition coefficient (Wildman–Crippen LogP) is 4.73. The van der Waals surface area contributed by atoms with Crippen LogP contribution in [0.15, 0.2) is 60.8 Å². The van der Waals surface area contributed by atoms with Gasteiger partial charge in [-0.25, -0.2) is 4.68 Å². The molecule has 31 heavy (non-hydrogen) atoms. The first-order valence-corrected chi connectivity index (χ1v) is 10.3. The number of benzene rings is 2. The van der Waals surface area contributed by atoms with E-state index in [1.807, 2.05) is 61.0 Å². The van der Waals surface area contributed by atoms with Gasteiger partial charge in [0.2, 0.25) is 0 Å². The molecule has 0 aliphatic heterocycles. The zero-order valence-electron chi connectivity index (χ0n) is 17.7. The molecule has 0 fully saturated rings. The molecule has 4 aromatic rings. The third-order valence-corrected chi connectivity index (χ3v) is 5.62. The van der Waals surface area contributed by atoms with Gasteiger partial charge in [-0.05, 0) is 50.2 Å². The second kappa shape index (κ2) is 8.78. The number of pyridine rings is 1. The van der Waals surface area contributed by atoms with Crippen molar-refractivity contribution in [2.45, 2.75) is 20.4 Å². The Kier molecular flexibility index (Phi) is 5.91. The summed E-state index contributed by atoms with van der Waals surface area (Å²) in [6, 6.07) is 17.1. The van der Waals surface area contributed by atoms with Gasteiger partial charge >= 0.3 is 0 Å². The Labute approximate surface area is 186 Å². The lowest BCUT2D eigenvalue weighted by atomic mass is 10.2. The fraction of sp³-hybridized carbons (Fsp3) is 0.208. The van der Waals surface area contributed by atoms with Gasteiger partial charge in [-0.1, -0.05) is 29.8 Å². The van der Waals surface area contributed by atoms with E-state index in [2.05, 4.69) is 10.1 Å². The maximum Gasteiger partial charge on any atom is 0.260 e. The van der Waals surface area contributed by atoms with E-state index in [0.29, 0.717) is 22.8 Å². The summed E-state index contributed by atoms with van der Waals surface area (Å²) < 4.78 is 7.70. The van der Waals surface area contributed by atoms with Crippen molar-refractivity contribution in [2.24, 2.45) is 0 Å². The topological polar surface area (TPSA) is 60.2 Å². The zero-order chi connectivity index (χ0) is 22.0. The average Bonchev–Trinajstić information content (AvgIpc) is 3.07. The highest BCUT2D eigenvalue weighted by molar-refractivity contribution is 6.35. The molecule has 0 unspecified atom stereocenters. The molecule has 0 N–H and O–H groups in total. The molecule has 4 rings (SSSR count). The fourth-order valence-electron chi connectivity index (χ4n) is 3.53. The van der Waals surface area contributed by atoms with E-state index in [-0.39, 0.29) is 12.5 Å². The van der Waals surface area contributed by atoms with E-state index in [1.54, 1.807) is 30.3 Å². The molecule has 7 heteroatoms. The minimum Gasteiger partial charge on any atom is -0.481 e. The number of amides is 1. The maximum atomic E-state index is 12.8. The molecule has 0 spiro atoms. The normalized spacial score (nSPS) is 11.0. The minimum absolute atomic E-state index is 0.0886. The molecular weight excluding hydrogens is 412 g/mol. The van der Waals surface area contributed by atoms with Crippen LogP contribution in [-0.4, -0.2) is 39.2 Å².